The van der Waals surface area contributed by atoms with Crippen LogP contribution in [0, 0.1) is 0 Å². The van der Waals surface area contributed by atoms with E-state index < -0.39 is 0 Å². The fourth-order valence-electron chi connectivity index (χ4n) is 5.57. The molecule has 2 fully saturated rings. The van der Waals surface area contributed by atoms with Gasteiger partial charge in [-0.15, -0.1) is 0 Å². The molecule has 0 atom stereocenters. The molecule has 1 aliphatic heterocycles. The van der Waals surface area contributed by atoms with E-state index in [1.807, 2.05) is 48.7 Å². The molecule has 6 heteroatoms. The SMILES string of the molecule is c1ccc(Oc2ccc(-c3cn(C4CCC(N5CCNCC5)CC4)c4ncncc34)cc2)cc1. The van der Waals surface area contributed by atoms with E-state index in [-0.39, 0.29) is 0 Å². The van der Waals surface area contributed by atoms with Gasteiger partial charge < -0.3 is 14.6 Å². The molecule has 174 valence electrons. The molecule has 6 nitrogen and oxygen atoms in total. The summed E-state index contributed by atoms with van der Waals surface area (Å²) in [5.41, 5.74) is 3.39. The van der Waals surface area contributed by atoms with Crippen molar-refractivity contribution in [1.29, 1.82) is 0 Å². The summed E-state index contributed by atoms with van der Waals surface area (Å²) in [6.45, 7) is 4.61. The molecule has 0 radical (unpaired) electrons. The number of fused-ring (bicyclic) bond motifs is 1. The molecule has 0 bridgehead atoms. The van der Waals surface area contributed by atoms with Crippen LogP contribution < -0.4 is 10.1 Å². The highest BCUT2D eigenvalue weighted by molar-refractivity contribution is 5.93. The van der Waals surface area contributed by atoms with Gasteiger partial charge in [0.25, 0.3) is 0 Å². The van der Waals surface area contributed by atoms with Crippen LogP contribution in [0.15, 0.2) is 73.3 Å². The van der Waals surface area contributed by atoms with Crippen molar-refractivity contribution in [2.45, 2.75) is 37.8 Å². The molecule has 2 aromatic carbocycles. The molecule has 0 unspecified atom stereocenters. The Morgan fingerprint density at radius 3 is 2.29 bits per heavy atom. The van der Waals surface area contributed by atoms with E-state index in [0.29, 0.717) is 6.04 Å². The second-order valence-electron chi connectivity index (χ2n) is 9.40. The molecule has 3 heterocycles. The molecular weight excluding hydrogens is 422 g/mol. The first-order valence-corrected chi connectivity index (χ1v) is 12.4. The molecule has 1 aliphatic carbocycles. The molecule has 1 saturated heterocycles. The van der Waals surface area contributed by atoms with Gasteiger partial charge in [0.1, 0.15) is 23.5 Å². The van der Waals surface area contributed by atoms with Gasteiger partial charge in [0.2, 0.25) is 0 Å². The van der Waals surface area contributed by atoms with Crippen LogP contribution in [-0.4, -0.2) is 51.7 Å². The number of hydrogen-bond donors (Lipinski definition) is 1. The third-order valence-corrected chi connectivity index (χ3v) is 7.37. The first-order chi connectivity index (χ1) is 16.8. The summed E-state index contributed by atoms with van der Waals surface area (Å²) >= 11 is 0. The number of nitrogens with one attached hydrogen (secondary N) is 1. The van der Waals surface area contributed by atoms with Crippen LogP contribution >= 0.6 is 0 Å². The fraction of sp³-hybridized carbons (Fsp3) is 0.357. The van der Waals surface area contributed by atoms with Gasteiger partial charge in [0.05, 0.1) is 0 Å². The number of hydrogen-bond acceptors (Lipinski definition) is 5. The van der Waals surface area contributed by atoms with Gasteiger partial charge in [-0.05, 0) is 55.5 Å². The third-order valence-electron chi connectivity index (χ3n) is 7.37. The first kappa shape index (κ1) is 21.3. The Morgan fingerprint density at radius 2 is 1.53 bits per heavy atom. The van der Waals surface area contributed by atoms with Crippen molar-refractivity contribution in [1.82, 2.24) is 24.8 Å². The monoisotopic (exact) mass is 453 g/mol. The van der Waals surface area contributed by atoms with Crippen molar-refractivity contribution in [3.05, 3.63) is 73.3 Å². The zero-order chi connectivity index (χ0) is 22.7. The van der Waals surface area contributed by atoms with Gasteiger partial charge in [-0.25, -0.2) is 9.97 Å². The minimum Gasteiger partial charge on any atom is -0.457 e. The third kappa shape index (κ3) is 4.31. The second kappa shape index (κ2) is 9.57. The maximum absolute atomic E-state index is 5.98. The molecule has 2 aliphatic rings. The molecule has 34 heavy (non-hydrogen) atoms. The lowest BCUT2D eigenvalue weighted by Crippen LogP contribution is -2.49. The lowest BCUT2D eigenvalue weighted by atomic mass is 9.89. The van der Waals surface area contributed by atoms with Crippen LogP contribution in [-0.2, 0) is 0 Å². The average molecular weight is 454 g/mol. The van der Waals surface area contributed by atoms with Crippen molar-refractivity contribution in [2.24, 2.45) is 0 Å². The number of ether oxygens (including phenoxy) is 1. The van der Waals surface area contributed by atoms with Crippen LogP contribution in [0.4, 0.5) is 0 Å². The smallest absolute Gasteiger partial charge is 0.144 e. The molecular formula is C28H31N5O. The van der Waals surface area contributed by atoms with E-state index in [2.05, 4.69) is 38.1 Å². The van der Waals surface area contributed by atoms with E-state index >= 15 is 0 Å². The van der Waals surface area contributed by atoms with Crippen molar-refractivity contribution < 1.29 is 4.74 Å². The number of piperazine rings is 1. The van der Waals surface area contributed by atoms with Gasteiger partial charge in [0.15, 0.2) is 0 Å². The number of para-hydroxylation sites is 1. The predicted molar refractivity (Wildman–Crippen MR) is 135 cm³/mol. The van der Waals surface area contributed by atoms with Crippen molar-refractivity contribution in [2.75, 3.05) is 26.2 Å². The quantitative estimate of drug-likeness (QED) is 0.446. The van der Waals surface area contributed by atoms with E-state index in [4.69, 9.17) is 9.72 Å². The Bertz CT molecular complexity index is 1220. The highest BCUT2D eigenvalue weighted by atomic mass is 16.5. The lowest BCUT2D eigenvalue weighted by Gasteiger charge is -2.39. The van der Waals surface area contributed by atoms with E-state index in [0.717, 1.165) is 47.2 Å². The van der Waals surface area contributed by atoms with Gasteiger partial charge in [-0.1, -0.05) is 30.3 Å². The average Bonchev–Trinajstić information content (AvgIpc) is 3.30. The van der Waals surface area contributed by atoms with Gasteiger partial charge in [0, 0.05) is 61.6 Å². The summed E-state index contributed by atoms with van der Waals surface area (Å²) in [6, 6.07) is 19.4. The van der Waals surface area contributed by atoms with Crippen LogP contribution in [0.2, 0.25) is 0 Å². The Morgan fingerprint density at radius 1 is 0.824 bits per heavy atom. The molecule has 0 amide bonds. The number of aromatic nitrogens is 3. The topological polar surface area (TPSA) is 55.2 Å². The molecule has 6 rings (SSSR count). The maximum Gasteiger partial charge on any atom is 0.144 e. The van der Waals surface area contributed by atoms with Gasteiger partial charge in [-0.3, -0.25) is 4.90 Å². The molecule has 2 aromatic heterocycles. The van der Waals surface area contributed by atoms with Crippen molar-refractivity contribution in [3.8, 4) is 22.6 Å². The Labute approximate surface area is 200 Å². The summed E-state index contributed by atoms with van der Waals surface area (Å²) in [4.78, 5) is 11.7. The van der Waals surface area contributed by atoms with Crippen molar-refractivity contribution in [3.63, 3.8) is 0 Å². The van der Waals surface area contributed by atoms with Crippen LogP contribution in [0.25, 0.3) is 22.2 Å². The van der Waals surface area contributed by atoms with E-state index in [9.17, 15) is 0 Å². The minimum atomic E-state index is 0.492. The minimum absolute atomic E-state index is 0.492. The normalized spacial score (nSPS) is 21.5. The second-order valence-corrected chi connectivity index (χ2v) is 9.40. The fourth-order valence-corrected chi connectivity index (χ4v) is 5.57. The first-order valence-electron chi connectivity index (χ1n) is 12.4. The Hall–Kier alpha value is -3.22. The predicted octanol–water partition coefficient (Wildman–Crippen LogP) is 5.28. The zero-order valence-corrected chi connectivity index (χ0v) is 19.4. The molecule has 1 saturated carbocycles. The number of nitrogens with zero attached hydrogens (tertiary/aromatic N) is 4. The van der Waals surface area contributed by atoms with Gasteiger partial charge >= 0.3 is 0 Å². The lowest BCUT2D eigenvalue weighted by molar-refractivity contribution is 0.124. The summed E-state index contributed by atoms with van der Waals surface area (Å²) in [5.74, 6) is 1.68. The highest BCUT2D eigenvalue weighted by Crippen LogP contribution is 2.37. The summed E-state index contributed by atoms with van der Waals surface area (Å²) in [6.07, 6.45) is 10.8. The number of rotatable bonds is 5. The zero-order valence-electron chi connectivity index (χ0n) is 19.4. The highest BCUT2D eigenvalue weighted by Gasteiger charge is 2.28. The maximum atomic E-state index is 5.98. The standard InChI is InChI=1S/C28H31N5O/c1-2-4-24(5-3-1)34-25-12-6-21(7-13-25)27-19-33(28-26(27)18-30-20-31-28)23-10-8-22(9-11-23)32-16-14-29-15-17-32/h1-7,12-13,18-20,22-23,29H,8-11,14-17H2. The van der Waals surface area contributed by atoms with Crippen LogP contribution in [0.1, 0.15) is 31.7 Å². The van der Waals surface area contributed by atoms with Crippen LogP contribution in [0.5, 0.6) is 11.5 Å². The molecule has 1 N–H and O–H groups in total. The van der Waals surface area contributed by atoms with Crippen LogP contribution in [0.3, 0.4) is 0 Å². The van der Waals surface area contributed by atoms with E-state index in [1.165, 1.54) is 44.3 Å². The summed E-state index contributed by atoms with van der Waals surface area (Å²) < 4.78 is 8.39. The number of benzene rings is 2. The molecule has 4 aromatic rings. The summed E-state index contributed by atoms with van der Waals surface area (Å²) in [7, 11) is 0. The van der Waals surface area contributed by atoms with Crippen molar-refractivity contribution >= 4 is 11.0 Å². The van der Waals surface area contributed by atoms with Gasteiger partial charge in [-0.2, -0.15) is 0 Å². The summed E-state index contributed by atoms with van der Waals surface area (Å²) in [5, 5.41) is 4.59. The Kier molecular flexibility index (Phi) is 6.00. The molecule has 0 spiro atoms. The Balaban J connectivity index is 1.23. The van der Waals surface area contributed by atoms with E-state index in [1.54, 1.807) is 6.33 Å². The largest absolute Gasteiger partial charge is 0.457 e.